The number of urea groups is 1. The molecule has 1 aliphatic rings. The third-order valence-corrected chi connectivity index (χ3v) is 4.56. The number of amides is 3. The van der Waals surface area contributed by atoms with E-state index in [0.29, 0.717) is 5.02 Å². The summed E-state index contributed by atoms with van der Waals surface area (Å²) in [5.41, 5.74) is 3.28. The highest BCUT2D eigenvalue weighted by molar-refractivity contribution is 6.30. The highest BCUT2D eigenvalue weighted by Crippen LogP contribution is 2.23. The summed E-state index contributed by atoms with van der Waals surface area (Å²) in [6.45, 7) is 6.66. The Hall–Kier alpha value is -2.59. The molecule has 3 amide bonds. The lowest BCUT2D eigenvalue weighted by atomic mass is 9.87. The summed E-state index contributed by atoms with van der Waals surface area (Å²) in [5.74, 6) is -0.329. The van der Waals surface area contributed by atoms with E-state index < -0.39 is 6.03 Å². The molecule has 134 valence electrons. The maximum Gasteiger partial charge on any atom is 0.329 e. The zero-order valence-corrected chi connectivity index (χ0v) is 15.8. The molecule has 0 saturated carbocycles. The van der Waals surface area contributed by atoms with Gasteiger partial charge in [-0.1, -0.05) is 68.8 Å². The Morgan fingerprint density at radius 1 is 1.00 bits per heavy atom. The van der Waals surface area contributed by atoms with Crippen LogP contribution in [0.15, 0.2) is 54.2 Å². The van der Waals surface area contributed by atoms with Crippen LogP contribution < -0.4 is 5.32 Å². The number of carbonyl (C=O) groups is 2. The molecule has 5 heteroatoms. The molecule has 0 aromatic heterocycles. The molecular weight excluding hydrogens is 348 g/mol. The lowest BCUT2D eigenvalue weighted by Gasteiger charge is -2.18. The van der Waals surface area contributed by atoms with E-state index in [2.05, 4.69) is 26.1 Å². The van der Waals surface area contributed by atoms with E-state index in [1.807, 2.05) is 24.3 Å². The lowest BCUT2D eigenvalue weighted by Crippen LogP contribution is -2.30. The number of halogens is 1. The average molecular weight is 369 g/mol. The van der Waals surface area contributed by atoms with E-state index in [0.717, 1.165) is 11.1 Å². The summed E-state index contributed by atoms with van der Waals surface area (Å²) < 4.78 is 0. The zero-order valence-electron chi connectivity index (χ0n) is 15.0. The normalized spacial score (nSPS) is 16.3. The van der Waals surface area contributed by atoms with Crippen LogP contribution in [0.5, 0.6) is 0 Å². The molecule has 1 heterocycles. The monoisotopic (exact) mass is 368 g/mol. The molecule has 0 spiro atoms. The molecule has 2 aromatic rings. The maximum atomic E-state index is 12.6. The molecule has 0 radical (unpaired) electrons. The number of benzene rings is 2. The Kier molecular flexibility index (Phi) is 4.88. The fourth-order valence-electron chi connectivity index (χ4n) is 2.73. The minimum absolute atomic E-state index is 0.0679. The number of imide groups is 1. The van der Waals surface area contributed by atoms with Gasteiger partial charge in [0.2, 0.25) is 0 Å². The molecular formula is C21H21ClN2O2. The molecule has 26 heavy (non-hydrogen) atoms. The van der Waals surface area contributed by atoms with Crippen molar-refractivity contribution >= 4 is 29.6 Å². The van der Waals surface area contributed by atoms with Crippen molar-refractivity contribution in [1.29, 1.82) is 0 Å². The van der Waals surface area contributed by atoms with Crippen molar-refractivity contribution in [3.63, 3.8) is 0 Å². The zero-order chi connectivity index (χ0) is 18.9. The van der Waals surface area contributed by atoms with Crippen molar-refractivity contribution in [3.8, 4) is 0 Å². The van der Waals surface area contributed by atoms with E-state index >= 15 is 0 Å². The molecule has 1 aliphatic heterocycles. The van der Waals surface area contributed by atoms with Crippen LogP contribution in [0, 0.1) is 0 Å². The number of nitrogens with zero attached hydrogens (tertiary/aromatic N) is 1. The first-order valence-corrected chi connectivity index (χ1v) is 8.81. The standard InChI is InChI=1S/C21H21ClN2O2/c1-21(2,3)16-8-4-14(5-9-16)12-18-19(25)24(20(26)23-18)13-15-6-10-17(22)11-7-15/h4-12H,13H2,1-3H3,(H,23,26)/b18-12+. The van der Waals surface area contributed by atoms with Gasteiger partial charge in [0, 0.05) is 5.02 Å². The number of carbonyl (C=O) groups excluding carboxylic acids is 2. The van der Waals surface area contributed by atoms with Gasteiger partial charge in [-0.05, 0) is 40.3 Å². The van der Waals surface area contributed by atoms with Crippen LogP contribution >= 0.6 is 11.6 Å². The third-order valence-electron chi connectivity index (χ3n) is 4.30. The molecule has 3 rings (SSSR count). The first-order valence-electron chi connectivity index (χ1n) is 8.43. The predicted molar refractivity (Wildman–Crippen MR) is 104 cm³/mol. The fraction of sp³-hybridized carbons (Fsp3) is 0.238. The molecule has 1 fully saturated rings. The van der Waals surface area contributed by atoms with Crippen LogP contribution in [-0.4, -0.2) is 16.8 Å². The maximum absolute atomic E-state index is 12.6. The van der Waals surface area contributed by atoms with E-state index in [-0.39, 0.29) is 23.6 Å². The molecule has 2 aromatic carbocycles. The molecule has 0 bridgehead atoms. The van der Waals surface area contributed by atoms with Gasteiger partial charge in [-0.2, -0.15) is 0 Å². The van der Waals surface area contributed by atoms with Crippen LogP contribution in [-0.2, 0) is 16.8 Å². The van der Waals surface area contributed by atoms with Crippen LogP contribution in [0.4, 0.5) is 4.79 Å². The largest absolute Gasteiger partial charge is 0.329 e. The molecule has 4 nitrogen and oxygen atoms in total. The van der Waals surface area contributed by atoms with E-state index in [9.17, 15) is 9.59 Å². The van der Waals surface area contributed by atoms with Gasteiger partial charge >= 0.3 is 6.03 Å². The second-order valence-electron chi connectivity index (χ2n) is 7.38. The van der Waals surface area contributed by atoms with Crippen LogP contribution in [0.2, 0.25) is 5.02 Å². The van der Waals surface area contributed by atoms with Crippen molar-refractivity contribution in [3.05, 3.63) is 75.9 Å². The Bertz CT molecular complexity index is 862. The average Bonchev–Trinajstić information content (AvgIpc) is 2.84. The third kappa shape index (κ3) is 3.97. The predicted octanol–water partition coefficient (Wildman–Crippen LogP) is 4.73. The Labute approximate surface area is 158 Å². The van der Waals surface area contributed by atoms with Crippen molar-refractivity contribution in [1.82, 2.24) is 10.2 Å². The van der Waals surface area contributed by atoms with Gasteiger partial charge in [0.1, 0.15) is 5.70 Å². The number of hydrogen-bond donors (Lipinski definition) is 1. The van der Waals surface area contributed by atoms with E-state index in [4.69, 9.17) is 11.6 Å². The smallest absolute Gasteiger partial charge is 0.303 e. The number of hydrogen-bond acceptors (Lipinski definition) is 2. The van der Waals surface area contributed by atoms with Crippen molar-refractivity contribution < 1.29 is 9.59 Å². The minimum Gasteiger partial charge on any atom is -0.303 e. The first kappa shape index (κ1) is 18.2. The van der Waals surface area contributed by atoms with Gasteiger partial charge in [0.05, 0.1) is 6.54 Å². The van der Waals surface area contributed by atoms with E-state index in [1.54, 1.807) is 30.3 Å². The number of nitrogens with one attached hydrogen (secondary N) is 1. The van der Waals surface area contributed by atoms with Gasteiger partial charge in [0.25, 0.3) is 5.91 Å². The first-order chi connectivity index (χ1) is 12.2. The second-order valence-corrected chi connectivity index (χ2v) is 7.81. The SMILES string of the molecule is CC(C)(C)c1ccc(/C=C2/NC(=O)N(Cc3ccc(Cl)cc3)C2=O)cc1. The number of rotatable bonds is 3. The van der Waals surface area contributed by atoms with Gasteiger partial charge < -0.3 is 5.32 Å². The van der Waals surface area contributed by atoms with Crippen LogP contribution in [0.3, 0.4) is 0 Å². The summed E-state index contributed by atoms with van der Waals surface area (Å²) >= 11 is 5.87. The summed E-state index contributed by atoms with van der Waals surface area (Å²) in [7, 11) is 0. The van der Waals surface area contributed by atoms with Gasteiger partial charge in [-0.3, -0.25) is 9.69 Å². The highest BCUT2D eigenvalue weighted by atomic mass is 35.5. The molecule has 0 unspecified atom stereocenters. The molecule has 0 atom stereocenters. The van der Waals surface area contributed by atoms with Crippen molar-refractivity contribution in [2.24, 2.45) is 0 Å². The Morgan fingerprint density at radius 2 is 1.62 bits per heavy atom. The molecule has 0 aliphatic carbocycles. The van der Waals surface area contributed by atoms with Gasteiger partial charge in [-0.15, -0.1) is 0 Å². The minimum atomic E-state index is -0.414. The summed E-state index contributed by atoms with van der Waals surface area (Å²) in [4.78, 5) is 25.9. The lowest BCUT2D eigenvalue weighted by molar-refractivity contribution is -0.123. The highest BCUT2D eigenvalue weighted by Gasteiger charge is 2.33. The van der Waals surface area contributed by atoms with Crippen LogP contribution in [0.25, 0.3) is 6.08 Å². The Balaban J connectivity index is 1.77. The van der Waals surface area contributed by atoms with E-state index in [1.165, 1.54) is 10.5 Å². The summed E-state index contributed by atoms with van der Waals surface area (Å²) in [6.07, 6.45) is 1.70. The molecule has 1 N–H and O–H groups in total. The molecule has 1 saturated heterocycles. The quantitative estimate of drug-likeness (QED) is 0.629. The van der Waals surface area contributed by atoms with Gasteiger partial charge in [0.15, 0.2) is 0 Å². The van der Waals surface area contributed by atoms with Crippen LogP contribution in [0.1, 0.15) is 37.5 Å². The Morgan fingerprint density at radius 3 is 2.19 bits per heavy atom. The second kappa shape index (κ2) is 6.96. The summed E-state index contributed by atoms with van der Waals surface area (Å²) in [5, 5.41) is 3.27. The fourth-order valence-corrected chi connectivity index (χ4v) is 2.86. The topological polar surface area (TPSA) is 49.4 Å². The van der Waals surface area contributed by atoms with Crippen molar-refractivity contribution in [2.75, 3.05) is 0 Å². The summed E-state index contributed by atoms with van der Waals surface area (Å²) in [6, 6.07) is 14.7. The van der Waals surface area contributed by atoms with Crippen molar-refractivity contribution in [2.45, 2.75) is 32.7 Å². The van der Waals surface area contributed by atoms with Gasteiger partial charge in [-0.25, -0.2) is 4.79 Å².